The molecule has 0 bridgehead atoms. The van der Waals surface area contributed by atoms with Gasteiger partial charge in [0.2, 0.25) is 0 Å². The number of rotatable bonds is 6. The summed E-state index contributed by atoms with van der Waals surface area (Å²) in [4.78, 5) is 33.5. The van der Waals surface area contributed by atoms with Gasteiger partial charge in [-0.25, -0.2) is 0 Å². The molecule has 8 nitrogen and oxygen atoms in total. The fourth-order valence-electron chi connectivity index (χ4n) is 2.10. The van der Waals surface area contributed by atoms with Gasteiger partial charge in [-0.1, -0.05) is 30.3 Å². The van der Waals surface area contributed by atoms with Gasteiger partial charge in [0.05, 0.1) is 11.0 Å². The standard InChI is InChI=1S/C17H17N3O5/c21-15(10-12-4-2-1-3-5-12)11-18-16(22)17(23)19-13-6-8-14(9-7-13)20(24)25/h1-9,15,21H,10-11H2,(H,18,22)(H,19,23). The van der Waals surface area contributed by atoms with Gasteiger partial charge in [-0.2, -0.15) is 0 Å². The number of amides is 2. The van der Waals surface area contributed by atoms with Crippen molar-refractivity contribution in [3.8, 4) is 0 Å². The molecule has 0 radical (unpaired) electrons. The highest BCUT2D eigenvalue weighted by molar-refractivity contribution is 6.39. The first-order valence-corrected chi connectivity index (χ1v) is 7.51. The summed E-state index contributed by atoms with van der Waals surface area (Å²) in [7, 11) is 0. The lowest BCUT2D eigenvalue weighted by atomic mass is 10.1. The van der Waals surface area contributed by atoms with Crippen molar-refractivity contribution in [2.45, 2.75) is 12.5 Å². The van der Waals surface area contributed by atoms with Crippen LogP contribution in [0.25, 0.3) is 0 Å². The molecule has 2 amide bonds. The topological polar surface area (TPSA) is 122 Å². The zero-order chi connectivity index (χ0) is 18.2. The quantitative estimate of drug-likeness (QED) is 0.414. The first-order chi connectivity index (χ1) is 12.0. The third kappa shape index (κ3) is 5.70. The molecular formula is C17H17N3O5. The molecule has 130 valence electrons. The Morgan fingerprint density at radius 3 is 2.28 bits per heavy atom. The normalized spacial score (nSPS) is 11.4. The summed E-state index contributed by atoms with van der Waals surface area (Å²) < 4.78 is 0. The third-order valence-electron chi connectivity index (χ3n) is 3.35. The van der Waals surface area contributed by atoms with Crippen molar-refractivity contribution in [3.63, 3.8) is 0 Å². The summed E-state index contributed by atoms with van der Waals surface area (Å²) in [6.07, 6.45) is -0.469. The number of hydrogen-bond acceptors (Lipinski definition) is 5. The molecule has 1 unspecified atom stereocenters. The van der Waals surface area contributed by atoms with Gasteiger partial charge in [0, 0.05) is 30.8 Å². The maximum absolute atomic E-state index is 11.8. The average molecular weight is 343 g/mol. The maximum Gasteiger partial charge on any atom is 0.313 e. The predicted octanol–water partition coefficient (Wildman–Crippen LogP) is 1.25. The van der Waals surface area contributed by atoms with Crippen molar-refractivity contribution in [3.05, 3.63) is 70.3 Å². The molecule has 0 spiro atoms. The number of aliphatic hydroxyl groups excluding tert-OH is 1. The third-order valence-corrected chi connectivity index (χ3v) is 3.35. The van der Waals surface area contributed by atoms with Gasteiger partial charge in [0.25, 0.3) is 5.69 Å². The highest BCUT2D eigenvalue weighted by Gasteiger charge is 2.16. The van der Waals surface area contributed by atoms with Gasteiger partial charge >= 0.3 is 11.8 Å². The molecule has 25 heavy (non-hydrogen) atoms. The maximum atomic E-state index is 11.8. The number of non-ortho nitro benzene ring substituents is 1. The molecule has 1 atom stereocenters. The zero-order valence-electron chi connectivity index (χ0n) is 13.2. The smallest absolute Gasteiger partial charge is 0.313 e. The molecule has 0 heterocycles. The van der Waals surface area contributed by atoms with E-state index >= 15 is 0 Å². The van der Waals surface area contributed by atoms with E-state index in [1.54, 1.807) is 0 Å². The van der Waals surface area contributed by atoms with Gasteiger partial charge in [-0.3, -0.25) is 19.7 Å². The van der Waals surface area contributed by atoms with Crippen molar-refractivity contribution in [2.75, 3.05) is 11.9 Å². The van der Waals surface area contributed by atoms with Gasteiger partial charge in [0.15, 0.2) is 0 Å². The first kappa shape index (κ1) is 18.1. The SMILES string of the molecule is O=C(NCC(O)Cc1ccccc1)C(=O)Nc1ccc([N+](=O)[O-])cc1. The molecule has 2 rings (SSSR count). The Labute approximate surface area is 143 Å². The molecule has 0 saturated carbocycles. The molecule has 3 N–H and O–H groups in total. The van der Waals surface area contributed by atoms with E-state index < -0.39 is 22.8 Å². The van der Waals surface area contributed by atoms with Crippen LogP contribution < -0.4 is 10.6 Å². The monoisotopic (exact) mass is 343 g/mol. The summed E-state index contributed by atoms with van der Waals surface area (Å²) >= 11 is 0. The van der Waals surface area contributed by atoms with Crippen LogP contribution in [-0.4, -0.2) is 34.5 Å². The molecule has 2 aromatic rings. The lowest BCUT2D eigenvalue weighted by molar-refractivity contribution is -0.384. The minimum absolute atomic E-state index is 0.0680. The van der Waals surface area contributed by atoms with E-state index in [1.165, 1.54) is 24.3 Å². The van der Waals surface area contributed by atoms with Crippen LogP contribution in [0.2, 0.25) is 0 Å². The Hall–Kier alpha value is -3.26. The number of carbonyl (C=O) groups excluding carboxylic acids is 2. The summed E-state index contributed by atoms with van der Waals surface area (Å²) in [5.74, 6) is -1.81. The van der Waals surface area contributed by atoms with Crippen molar-refractivity contribution in [1.29, 1.82) is 0 Å². The van der Waals surface area contributed by atoms with Crippen LogP contribution >= 0.6 is 0 Å². The van der Waals surface area contributed by atoms with Crippen molar-refractivity contribution >= 4 is 23.2 Å². The summed E-state index contributed by atoms with van der Waals surface area (Å²) in [6.45, 7) is -0.0680. The summed E-state index contributed by atoms with van der Waals surface area (Å²) in [5.41, 5.74) is 1.06. The number of hydrogen-bond donors (Lipinski definition) is 3. The first-order valence-electron chi connectivity index (χ1n) is 7.51. The highest BCUT2D eigenvalue weighted by atomic mass is 16.6. The van der Waals surface area contributed by atoms with E-state index in [0.29, 0.717) is 6.42 Å². The largest absolute Gasteiger partial charge is 0.391 e. The van der Waals surface area contributed by atoms with Gasteiger partial charge in [-0.05, 0) is 17.7 Å². The number of nitro benzene ring substituents is 1. The summed E-state index contributed by atoms with van der Waals surface area (Å²) in [5, 5.41) is 25.1. The van der Waals surface area contributed by atoms with Crippen LogP contribution in [0, 0.1) is 10.1 Å². The van der Waals surface area contributed by atoms with E-state index in [0.717, 1.165) is 5.56 Å². The molecule has 0 aliphatic heterocycles. The second-order valence-electron chi connectivity index (χ2n) is 5.31. The molecule has 0 fully saturated rings. The average Bonchev–Trinajstić information content (AvgIpc) is 2.61. The number of anilines is 1. The highest BCUT2D eigenvalue weighted by Crippen LogP contribution is 2.15. The predicted molar refractivity (Wildman–Crippen MR) is 90.9 cm³/mol. The Balaban J connectivity index is 1.79. The molecule has 0 aliphatic carbocycles. The molecule has 2 aromatic carbocycles. The van der Waals surface area contributed by atoms with Crippen LogP contribution in [0.15, 0.2) is 54.6 Å². The Morgan fingerprint density at radius 2 is 1.68 bits per heavy atom. The lowest BCUT2D eigenvalue weighted by Crippen LogP contribution is -2.40. The van der Waals surface area contributed by atoms with E-state index in [2.05, 4.69) is 10.6 Å². The van der Waals surface area contributed by atoms with Gasteiger partial charge in [0.1, 0.15) is 0 Å². The fraction of sp³-hybridized carbons (Fsp3) is 0.176. The van der Waals surface area contributed by atoms with Gasteiger partial charge < -0.3 is 15.7 Å². The number of benzene rings is 2. The summed E-state index contributed by atoms with van der Waals surface area (Å²) in [6, 6.07) is 14.4. The van der Waals surface area contributed by atoms with Crippen LogP contribution in [0.5, 0.6) is 0 Å². The number of carbonyl (C=O) groups is 2. The van der Waals surface area contributed by atoms with Gasteiger partial charge in [-0.15, -0.1) is 0 Å². The second-order valence-corrected chi connectivity index (χ2v) is 5.31. The molecular weight excluding hydrogens is 326 g/mol. The Kier molecular flexibility index (Phi) is 6.19. The van der Waals surface area contributed by atoms with Crippen LogP contribution in [0.4, 0.5) is 11.4 Å². The van der Waals surface area contributed by atoms with Crippen LogP contribution in [0.3, 0.4) is 0 Å². The Bertz CT molecular complexity index is 747. The number of nitrogens with zero attached hydrogens (tertiary/aromatic N) is 1. The van der Waals surface area contributed by atoms with Crippen molar-refractivity contribution < 1.29 is 19.6 Å². The molecule has 0 aromatic heterocycles. The second kappa shape index (κ2) is 8.55. The zero-order valence-corrected chi connectivity index (χ0v) is 13.2. The molecule has 0 saturated heterocycles. The molecule has 0 aliphatic rings. The lowest BCUT2D eigenvalue weighted by Gasteiger charge is -2.12. The van der Waals surface area contributed by atoms with Crippen molar-refractivity contribution in [2.24, 2.45) is 0 Å². The number of nitrogens with one attached hydrogen (secondary N) is 2. The van der Waals surface area contributed by atoms with E-state index in [4.69, 9.17) is 0 Å². The minimum Gasteiger partial charge on any atom is -0.391 e. The Morgan fingerprint density at radius 1 is 1.04 bits per heavy atom. The number of aliphatic hydroxyl groups is 1. The van der Waals surface area contributed by atoms with E-state index in [-0.39, 0.29) is 17.9 Å². The van der Waals surface area contributed by atoms with Crippen molar-refractivity contribution in [1.82, 2.24) is 5.32 Å². The van der Waals surface area contributed by atoms with E-state index in [9.17, 15) is 24.8 Å². The fourth-order valence-corrected chi connectivity index (χ4v) is 2.10. The minimum atomic E-state index is -0.916. The van der Waals surface area contributed by atoms with Crippen LogP contribution in [0.1, 0.15) is 5.56 Å². The number of nitro groups is 1. The van der Waals surface area contributed by atoms with Crippen LogP contribution in [-0.2, 0) is 16.0 Å². The van der Waals surface area contributed by atoms with E-state index in [1.807, 2.05) is 30.3 Å². The molecule has 8 heteroatoms.